The third kappa shape index (κ3) is 3.90. The Hall–Kier alpha value is -4.24. The third-order valence-corrected chi connectivity index (χ3v) is 6.02. The smallest absolute Gasteiger partial charge is 0.335 e. The van der Waals surface area contributed by atoms with Gasteiger partial charge in [-0.3, -0.25) is 10.2 Å². The van der Waals surface area contributed by atoms with E-state index in [0.29, 0.717) is 27.3 Å². The van der Waals surface area contributed by atoms with Crippen LogP contribution < -0.4 is 0 Å². The quantitative estimate of drug-likeness (QED) is 0.553. The normalized spacial score (nSPS) is 16.6. The Morgan fingerprint density at radius 1 is 1.12 bits per heavy atom. The lowest BCUT2D eigenvalue weighted by Crippen LogP contribution is -2.35. The predicted octanol–water partition coefficient (Wildman–Crippen LogP) is 4.62. The summed E-state index contributed by atoms with van der Waals surface area (Å²) >= 11 is 1.24. The fourth-order valence-corrected chi connectivity index (χ4v) is 4.23. The molecule has 0 spiro atoms. The zero-order valence-corrected chi connectivity index (χ0v) is 18.1. The summed E-state index contributed by atoms with van der Waals surface area (Å²) in [6.45, 7) is 2.00. The number of aryl methyl sites for hydroxylation is 1. The SMILES string of the molecule is Cc1ccc(C2=NN3C(=N)/C(=C/c4ccc(-c5cccc(C(=O)O)c5)o4)C(=O)N=C3S2)cc1. The number of carbonyl (C=O) groups excluding carboxylic acids is 1. The first-order valence-electron chi connectivity index (χ1n) is 9.90. The number of benzene rings is 2. The minimum absolute atomic E-state index is 0.0495. The molecule has 1 aromatic heterocycles. The highest BCUT2D eigenvalue weighted by atomic mass is 32.2. The molecule has 3 heterocycles. The average Bonchev–Trinajstić information content (AvgIpc) is 3.45. The number of amides is 1. The van der Waals surface area contributed by atoms with E-state index >= 15 is 0 Å². The number of hydrazone groups is 1. The molecule has 1 amide bonds. The van der Waals surface area contributed by atoms with Crippen LogP contribution in [0.4, 0.5) is 0 Å². The minimum atomic E-state index is -1.03. The summed E-state index contributed by atoms with van der Waals surface area (Å²) in [5.74, 6) is -0.891. The summed E-state index contributed by atoms with van der Waals surface area (Å²) in [4.78, 5) is 28.0. The van der Waals surface area contributed by atoms with Gasteiger partial charge in [-0.05, 0) is 49.0 Å². The molecule has 9 heteroatoms. The number of nitrogens with one attached hydrogen (secondary N) is 1. The molecule has 2 aromatic carbocycles. The van der Waals surface area contributed by atoms with Crippen molar-refractivity contribution in [2.45, 2.75) is 6.92 Å². The lowest BCUT2D eigenvalue weighted by Gasteiger charge is -2.19. The molecule has 0 bridgehead atoms. The first-order chi connectivity index (χ1) is 15.9. The van der Waals surface area contributed by atoms with E-state index in [1.165, 1.54) is 35.0 Å². The fraction of sp³-hybridized carbons (Fsp3) is 0.0417. The predicted molar refractivity (Wildman–Crippen MR) is 126 cm³/mol. The topological polar surface area (TPSA) is 119 Å². The zero-order valence-electron chi connectivity index (χ0n) is 17.3. The summed E-state index contributed by atoms with van der Waals surface area (Å²) < 4.78 is 5.79. The Morgan fingerprint density at radius 2 is 1.91 bits per heavy atom. The third-order valence-electron chi connectivity index (χ3n) is 5.06. The van der Waals surface area contributed by atoms with Gasteiger partial charge in [-0.25, -0.2) is 4.79 Å². The van der Waals surface area contributed by atoms with Crippen molar-refractivity contribution in [2.75, 3.05) is 0 Å². The van der Waals surface area contributed by atoms with Gasteiger partial charge in [-0.1, -0.05) is 42.0 Å². The molecule has 2 aliphatic rings. The van der Waals surface area contributed by atoms with Crippen molar-refractivity contribution in [3.63, 3.8) is 0 Å². The van der Waals surface area contributed by atoms with Crippen LogP contribution in [-0.2, 0) is 4.79 Å². The molecule has 5 rings (SSSR count). The number of aromatic carboxylic acids is 1. The van der Waals surface area contributed by atoms with E-state index in [1.54, 1.807) is 24.3 Å². The number of thioether (sulfide) groups is 1. The van der Waals surface area contributed by atoms with Crippen LogP contribution >= 0.6 is 11.8 Å². The van der Waals surface area contributed by atoms with Gasteiger partial charge < -0.3 is 9.52 Å². The number of furan rings is 1. The number of rotatable bonds is 4. The van der Waals surface area contributed by atoms with Crippen molar-refractivity contribution < 1.29 is 19.1 Å². The molecule has 0 atom stereocenters. The van der Waals surface area contributed by atoms with E-state index in [9.17, 15) is 14.7 Å². The van der Waals surface area contributed by atoms with Crippen molar-refractivity contribution in [1.29, 1.82) is 5.41 Å². The summed E-state index contributed by atoms with van der Waals surface area (Å²) in [5, 5.41) is 24.5. The first kappa shape index (κ1) is 20.7. The maximum atomic E-state index is 12.6. The molecule has 0 unspecified atom stereocenters. The number of carbonyl (C=O) groups is 2. The molecule has 2 N–H and O–H groups in total. The van der Waals surface area contributed by atoms with Crippen molar-refractivity contribution in [2.24, 2.45) is 10.1 Å². The molecule has 3 aromatic rings. The molecular formula is C24H16N4O4S. The van der Waals surface area contributed by atoms with Gasteiger partial charge in [0.05, 0.1) is 11.1 Å². The van der Waals surface area contributed by atoms with E-state index in [-0.39, 0.29) is 17.0 Å². The van der Waals surface area contributed by atoms with E-state index < -0.39 is 11.9 Å². The highest BCUT2D eigenvalue weighted by molar-refractivity contribution is 8.27. The number of amidine groups is 2. The number of fused-ring (bicyclic) bond motifs is 1. The van der Waals surface area contributed by atoms with Crippen LogP contribution in [-0.4, -0.2) is 38.0 Å². The van der Waals surface area contributed by atoms with Crippen LogP contribution in [0.25, 0.3) is 17.4 Å². The molecule has 162 valence electrons. The van der Waals surface area contributed by atoms with Gasteiger partial charge in [0, 0.05) is 11.1 Å². The van der Waals surface area contributed by atoms with Crippen LogP contribution in [0.5, 0.6) is 0 Å². The second-order valence-electron chi connectivity index (χ2n) is 7.38. The van der Waals surface area contributed by atoms with E-state index in [2.05, 4.69) is 10.1 Å². The van der Waals surface area contributed by atoms with Crippen LogP contribution in [0.15, 0.2) is 80.7 Å². The summed E-state index contributed by atoms with van der Waals surface area (Å²) in [6.07, 6.45) is 1.44. The summed E-state index contributed by atoms with van der Waals surface area (Å²) in [5.41, 5.74) is 2.79. The molecule has 8 nitrogen and oxygen atoms in total. The van der Waals surface area contributed by atoms with Gasteiger partial charge in [-0.2, -0.15) is 15.1 Å². The van der Waals surface area contributed by atoms with Gasteiger partial charge >= 0.3 is 5.97 Å². The Balaban J connectivity index is 1.43. The van der Waals surface area contributed by atoms with E-state index in [1.807, 2.05) is 31.2 Å². The average molecular weight is 456 g/mol. The second kappa shape index (κ2) is 8.03. The molecule has 0 saturated heterocycles. The van der Waals surface area contributed by atoms with Crippen molar-refractivity contribution >= 4 is 45.8 Å². The van der Waals surface area contributed by atoms with Gasteiger partial charge in [0.2, 0.25) is 5.17 Å². The highest BCUT2D eigenvalue weighted by Gasteiger charge is 2.36. The molecule has 0 aliphatic carbocycles. The van der Waals surface area contributed by atoms with Gasteiger partial charge in [0.25, 0.3) is 5.91 Å². The molecule has 33 heavy (non-hydrogen) atoms. The van der Waals surface area contributed by atoms with Gasteiger partial charge in [0.1, 0.15) is 16.6 Å². The fourth-order valence-electron chi connectivity index (χ4n) is 3.34. The number of nitrogens with zero attached hydrogens (tertiary/aromatic N) is 3. The van der Waals surface area contributed by atoms with E-state index in [0.717, 1.165) is 11.1 Å². The largest absolute Gasteiger partial charge is 0.478 e. The van der Waals surface area contributed by atoms with Crippen LogP contribution in [0, 0.1) is 12.3 Å². The molecule has 0 radical (unpaired) electrons. The van der Waals surface area contributed by atoms with Crippen LogP contribution in [0.1, 0.15) is 27.2 Å². The van der Waals surface area contributed by atoms with Crippen molar-refractivity contribution in [1.82, 2.24) is 5.01 Å². The molecule has 0 fully saturated rings. The Labute approximate surface area is 192 Å². The second-order valence-corrected chi connectivity index (χ2v) is 8.34. The lowest BCUT2D eigenvalue weighted by molar-refractivity contribution is -0.114. The number of hydrogen-bond donors (Lipinski definition) is 2. The van der Waals surface area contributed by atoms with E-state index in [4.69, 9.17) is 9.83 Å². The Morgan fingerprint density at radius 3 is 2.67 bits per heavy atom. The molecule has 2 aliphatic heterocycles. The summed E-state index contributed by atoms with van der Waals surface area (Å²) in [6, 6.07) is 17.5. The molecule has 0 saturated carbocycles. The number of aliphatic imine (C=N–C) groups is 1. The maximum absolute atomic E-state index is 12.6. The standard InChI is InChI=1S/C24H16N4O4S/c1-13-5-7-14(8-6-13)22-27-28-20(25)18(21(29)26-24(28)33-22)12-17-9-10-19(32-17)15-3-2-4-16(11-15)23(30)31/h2-12,25H,1H3,(H,30,31)/b18-12-,25-20?. The maximum Gasteiger partial charge on any atom is 0.335 e. The lowest BCUT2D eigenvalue weighted by atomic mass is 10.1. The monoisotopic (exact) mass is 456 g/mol. The number of carboxylic acids is 1. The molecular weight excluding hydrogens is 440 g/mol. The number of hydrogen-bond acceptors (Lipinski definition) is 6. The van der Waals surface area contributed by atoms with Gasteiger partial charge in [-0.15, -0.1) is 0 Å². The van der Waals surface area contributed by atoms with Crippen LogP contribution in [0.2, 0.25) is 0 Å². The number of carboxylic acid groups (broad SMARTS) is 1. The Bertz CT molecular complexity index is 1420. The Kier molecular flexibility index (Phi) is 5.02. The zero-order chi connectivity index (χ0) is 23.1. The van der Waals surface area contributed by atoms with Crippen LogP contribution in [0.3, 0.4) is 0 Å². The van der Waals surface area contributed by atoms with Crippen molar-refractivity contribution in [3.8, 4) is 11.3 Å². The van der Waals surface area contributed by atoms with Gasteiger partial charge in [0.15, 0.2) is 5.84 Å². The first-order valence-corrected chi connectivity index (χ1v) is 10.7. The minimum Gasteiger partial charge on any atom is -0.478 e. The highest BCUT2D eigenvalue weighted by Crippen LogP contribution is 2.31. The van der Waals surface area contributed by atoms with Crippen molar-refractivity contribution in [3.05, 3.63) is 88.7 Å². The summed E-state index contributed by atoms with van der Waals surface area (Å²) in [7, 11) is 0.